The van der Waals surface area contributed by atoms with Gasteiger partial charge in [-0.15, -0.1) is 0 Å². The van der Waals surface area contributed by atoms with Gasteiger partial charge in [0.15, 0.2) is 0 Å². The number of ether oxygens (including phenoxy) is 2. The lowest BCUT2D eigenvalue weighted by molar-refractivity contribution is 0.304. The zero-order valence-electron chi connectivity index (χ0n) is 34.6. The van der Waals surface area contributed by atoms with Crippen molar-refractivity contribution in [2.24, 2.45) is 0 Å². The molecule has 0 radical (unpaired) electrons. The number of unbranched alkanes of at least 4 members (excludes halogenated alkanes) is 19. The predicted molar refractivity (Wildman–Crippen MR) is 234 cm³/mol. The summed E-state index contributed by atoms with van der Waals surface area (Å²) in [5.41, 5.74) is 5.19. The van der Waals surface area contributed by atoms with Gasteiger partial charge in [-0.25, -0.2) is 0 Å². The van der Waals surface area contributed by atoms with Gasteiger partial charge in [0.25, 0.3) is 0 Å². The molecule has 0 bridgehead atoms. The van der Waals surface area contributed by atoms with E-state index < -0.39 is 0 Å². The van der Waals surface area contributed by atoms with Crippen molar-refractivity contribution >= 4 is 21.8 Å². The molecule has 0 aliphatic rings. The molecule has 0 saturated heterocycles. The molecular formula is C48H78N4O2. The van der Waals surface area contributed by atoms with E-state index in [2.05, 4.69) is 83.2 Å². The fourth-order valence-electron chi connectivity index (χ4n) is 7.66. The minimum atomic E-state index is 0.822. The highest BCUT2D eigenvalue weighted by molar-refractivity contribution is 5.85. The zero-order valence-corrected chi connectivity index (χ0v) is 34.6. The van der Waals surface area contributed by atoms with Gasteiger partial charge in [-0.3, -0.25) is 0 Å². The van der Waals surface area contributed by atoms with Crippen LogP contribution in [0.2, 0.25) is 0 Å². The van der Waals surface area contributed by atoms with E-state index in [0.29, 0.717) is 0 Å². The van der Waals surface area contributed by atoms with Crippen LogP contribution in [0.15, 0.2) is 48.8 Å². The summed E-state index contributed by atoms with van der Waals surface area (Å²) in [6.07, 6.45) is 35.6. The molecule has 0 fully saturated rings. The van der Waals surface area contributed by atoms with Crippen LogP contribution in [0.5, 0.6) is 11.5 Å². The fraction of sp³-hybridized carbons (Fsp3) is 0.667. The lowest BCUT2D eigenvalue weighted by Crippen LogP contribution is -2.18. The van der Waals surface area contributed by atoms with Gasteiger partial charge in [-0.2, -0.15) is 0 Å². The molecule has 2 aromatic heterocycles. The van der Waals surface area contributed by atoms with Gasteiger partial charge >= 0.3 is 0 Å². The van der Waals surface area contributed by atoms with Crippen LogP contribution in [-0.2, 0) is 12.8 Å². The van der Waals surface area contributed by atoms with Crippen LogP contribution in [0.1, 0.15) is 166 Å². The maximum Gasteiger partial charge on any atom is 0.120 e. The highest BCUT2D eigenvalue weighted by Gasteiger charge is 2.07. The summed E-state index contributed by atoms with van der Waals surface area (Å²) in [7, 11) is 0. The molecule has 0 aliphatic heterocycles. The molecule has 6 heteroatoms. The molecule has 2 aromatic carbocycles. The average Bonchev–Trinajstić information content (AvgIpc) is 3.79. The van der Waals surface area contributed by atoms with Crippen molar-refractivity contribution in [3.63, 3.8) is 0 Å². The number of benzene rings is 2. The molecule has 6 nitrogen and oxygen atoms in total. The second-order valence-corrected chi connectivity index (χ2v) is 15.8. The smallest absolute Gasteiger partial charge is 0.120 e. The molecule has 4 N–H and O–H groups in total. The molecule has 0 spiro atoms. The number of rotatable bonds is 35. The van der Waals surface area contributed by atoms with Crippen LogP contribution in [0.4, 0.5) is 0 Å². The van der Waals surface area contributed by atoms with Crippen molar-refractivity contribution in [1.29, 1.82) is 0 Å². The minimum Gasteiger partial charge on any atom is -0.494 e. The maximum absolute atomic E-state index is 6.09. The summed E-state index contributed by atoms with van der Waals surface area (Å²) in [5, 5.41) is 9.98. The Kier molecular flexibility index (Phi) is 23.1. The second kappa shape index (κ2) is 28.4. The first-order valence-electron chi connectivity index (χ1n) is 22.7. The highest BCUT2D eigenvalue weighted by Crippen LogP contribution is 2.26. The molecule has 2 heterocycles. The topological polar surface area (TPSA) is 74.1 Å². The number of hydrogen-bond acceptors (Lipinski definition) is 4. The third-order valence-electron chi connectivity index (χ3n) is 11.1. The van der Waals surface area contributed by atoms with E-state index in [0.717, 1.165) is 76.6 Å². The van der Waals surface area contributed by atoms with Crippen LogP contribution in [0.3, 0.4) is 0 Å². The predicted octanol–water partition coefficient (Wildman–Crippen LogP) is 13.0. The lowest BCUT2D eigenvalue weighted by Gasteiger charge is -2.08. The van der Waals surface area contributed by atoms with E-state index in [1.807, 2.05) is 0 Å². The van der Waals surface area contributed by atoms with E-state index in [1.54, 1.807) is 0 Å². The normalized spacial score (nSPS) is 11.7. The third kappa shape index (κ3) is 17.7. The quantitative estimate of drug-likeness (QED) is 0.0354. The Morgan fingerprint density at radius 2 is 0.796 bits per heavy atom. The van der Waals surface area contributed by atoms with Crippen molar-refractivity contribution in [3.8, 4) is 11.5 Å². The highest BCUT2D eigenvalue weighted by atomic mass is 16.5. The largest absolute Gasteiger partial charge is 0.494 e. The van der Waals surface area contributed by atoms with Crippen molar-refractivity contribution in [3.05, 3.63) is 59.9 Å². The molecule has 0 atom stereocenters. The van der Waals surface area contributed by atoms with Gasteiger partial charge in [0.2, 0.25) is 0 Å². The number of fused-ring (bicyclic) bond motifs is 2. The Balaban J connectivity index is 0.915. The summed E-state index contributed by atoms with van der Waals surface area (Å²) >= 11 is 0. The Morgan fingerprint density at radius 1 is 0.426 bits per heavy atom. The number of hydrogen-bond donors (Lipinski definition) is 4. The van der Waals surface area contributed by atoms with E-state index in [1.165, 1.54) is 161 Å². The van der Waals surface area contributed by atoms with Crippen LogP contribution >= 0.6 is 0 Å². The standard InChI is InChI=1S/C48H78N4O2/c1-3-5-7-9-19-23-35-53-43-25-27-47-45(37-43)41(39-51-47)29-33-49-31-21-17-15-13-11-12-14-16-18-22-32-50-34-30-42-40-52-48-28-26-44(38-46(42)48)54-36-24-20-10-8-6-4-2/h25-28,37-40,49-52H,3-24,29-36H2,1-2H3. The molecule has 0 saturated carbocycles. The summed E-state index contributed by atoms with van der Waals surface area (Å²) in [6.45, 7) is 10.5. The maximum atomic E-state index is 6.09. The number of H-pyrrole nitrogens is 2. The lowest BCUT2D eigenvalue weighted by atomic mass is 10.1. The van der Waals surface area contributed by atoms with E-state index >= 15 is 0 Å². The summed E-state index contributed by atoms with van der Waals surface area (Å²) in [6, 6.07) is 13.0. The average molecular weight is 743 g/mol. The molecule has 4 aromatic rings. The fourth-order valence-corrected chi connectivity index (χ4v) is 7.66. The molecule has 0 amide bonds. The monoisotopic (exact) mass is 743 g/mol. The van der Waals surface area contributed by atoms with Crippen molar-refractivity contribution in [1.82, 2.24) is 20.6 Å². The Morgan fingerprint density at radius 3 is 1.20 bits per heavy atom. The molecule has 54 heavy (non-hydrogen) atoms. The summed E-state index contributed by atoms with van der Waals surface area (Å²) < 4.78 is 12.2. The molecule has 4 rings (SSSR count). The summed E-state index contributed by atoms with van der Waals surface area (Å²) in [4.78, 5) is 6.89. The third-order valence-corrected chi connectivity index (χ3v) is 11.1. The molecule has 0 aliphatic carbocycles. The molecular weight excluding hydrogens is 665 g/mol. The van der Waals surface area contributed by atoms with Gasteiger partial charge in [0.05, 0.1) is 13.2 Å². The zero-order chi connectivity index (χ0) is 37.7. The van der Waals surface area contributed by atoms with Crippen LogP contribution < -0.4 is 20.1 Å². The van der Waals surface area contributed by atoms with Crippen LogP contribution in [-0.4, -0.2) is 49.4 Å². The molecule has 302 valence electrons. The van der Waals surface area contributed by atoms with Crippen molar-refractivity contribution in [2.45, 2.75) is 168 Å². The second-order valence-electron chi connectivity index (χ2n) is 15.8. The van der Waals surface area contributed by atoms with Gasteiger partial charge < -0.3 is 30.1 Å². The SMILES string of the molecule is CCCCCCCCOc1ccc2[nH]cc(CCNCCCCCCCCCCCCNCCc3c[nH]c4ccc(OCCCCCCCC)cc34)c2c1. The Bertz CT molecular complexity index is 1380. The summed E-state index contributed by atoms with van der Waals surface area (Å²) in [5.74, 6) is 2.01. The van der Waals surface area contributed by atoms with Gasteiger partial charge in [0.1, 0.15) is 11.5 Å². The number of aromatic amines is 2. The van der Waals surface area contributed by atoms with Crippen LogP contribution in [0, 0.1) is 0 Å². The van der Waals surface area contributed by atoms with E-state index in [4.69, 9.17) is 9.47 Å². The first-order chi connectivity index (χ1) is 26.8. The number of nitrogens with one attached hydrogen (secondary N) is 4. The minimum absolute atomic E-state index is 0.822. The van der Waals surface area contributed by atoms with Crippen molar-refractivity contribution in [2.75, 3.05) is 39.4 Å². The van der Waals surface area contributed by atoms with E-state index in [-0.39, 0.29) is 0 Å². The molecule has 0 unspecified atom stereocenters. The van der Waals surface area contributed by atoms with Crippen LogP contribution in [0.25, 0.3) is 21.8 Å². The Labute approximate surface area is 329 Å². The van der Waals surface area contributed by atoms with Crippen molar-refractivity contribution < 1.29 is 9.47 Å². The Hall–Kier alpha value is -2.96. The van der Waals surface area contributed by atoms with Gasteiger partial charge in [0, 0.05) is 34.2 Å². The van der Waals surface area contributed by atoms with E-state index in [9.17, 15) is 0 Å². The first kappa shape index (κ1) is 43.8. The number of aromatic nitrogens is 2. The van der Waals surface area contributed by atoms with Gasteiger partial charge in [-0.1, -0.05) is 129 Å². The van der Waals surface area contributed by atoms with Gasteiger partial charge in [-0.05, 0) is 112 Å². The first-order valence-corrected chi connectivity index (χ1v) is 22.7.